The van der Waals surface area contributed by atoms with Crippen molar-refractivity contribution < 1.29 is 0 Å². The van der Waals surface area contributed by atoms with E-state index in [0.29, 0.717) is 0 Å². The van der Waals surface area contributed by atoms with Crippen molar-refractivity contribution in [3.05, 3.63) is 0 Å². The van der Waals surface area contributed by atoms with Crippen LogP contribution in [0.25, 0.3) is 0 Å². The van der Waals surface area contributed by atoms with E-state index in [1.807, 2.05) is 0 Å². The first-order valence-corrected chi connectivity index (χ1v) is 24.9. The molecule has 0 fully saturated rings. The van der Waals surface area contributed by atoms with Crippen LogP contribution in [0.15, 0.2) is 0 Å². The predicted molar refractivity (Wildman–Crippen MR) is 45.9 cm³/mol. The van der Waals surface area contributed by atoms with E-state index in [2.05, 4.69) is 0 Å². The van der Waals surface area contributed by atoms with E-state index in [-0.39, 0.29) is 0 Å². The van der Waals surface area contributed by atoms with E-state index in [9.17, 15) is 0 Å². The first-order valence-electron chi connectivity index (χ1n) is 1.92. The number of hydrogen-bond acceptors (Lipinski definition) is 0. The zero-order valence-electron chi connectivity index (χ0n) is 3.91. The first-order chi connectivity index (χ1) is 2.64. The van der Waals surface area contributed by atoms with E-state index < -0.39 is 12.3 Å². The van der Waals surface area contributed by atoms with Gasteiger partial charge in [-0.2, -0.15) is 0 Å². The van der Waals surface area contributed by atoms with Crippen molar-refractivity contribution in [2.75, 3.05) is 0 Å². The molecule has 0 amide bonds. The van der Waals surface area contributed by atoms with Crippen molar-refractivity contribution in [3.8, 4) is 0 Å². The van der Waals surface area contributed by atoms with Crippen molar-refractivity contribution in [3.63, 3.8) is 0 Å². The maximum atomic E-state index is 5.81. The summed E-state index contributed by atoms with van der Waals surface area (Å²) in [6.45, 7) is 0. The Morgan fingerprint density at radius 2 is 1.17 bits per heavy atom. The molecule has 0 aliphatic rings. The van der Waals surface area contributed by atoms with Gasteiger partial charge in [0, 0.05) is 0 Å². The van der Waals surface area contributed by atoms with Gasteiger partial charge in [-0.25, -0.2) is 0 Å². The molecule has 0 N–H and O–H groups in total. The minimum atomic E-state index is -0.596. The number of rotatable bonds is 1. The van der Waals surface area contributed by atoms with Crippen LogP contribution in [0.2, 0.25) is 0 Å². The van der Waals surface area contributed by atoms with Crippen LogP contribution in [-0.2, 0) is 0 Å². The van der Waals surface area contributed by atoms with E-state index >= 15 is 0 Å². The summed E-state index contributed by atoms with van der Waals surface area (Å²) in [5.41, 5.74) is 0. The average molecular weight is 280 g/mol. The molecular formula is H8Cl2Ge2Si2. The van der Waals surface area contributed by atoms with E-state index in [1.165, 1.54) is 0 Å². The molecule has 0 saturated carbocycles. The molecule has 0 aliphatic heterocycles. The van der Waals surface area contributed by atoms with Crippen LogP contribution >= 0.6 is 22.2 Å². The zero-order chi connectivity index (χ0) is 5.15. The molecule has 0 heterocycles. The second kappa shape index (κ2) is 4.03. The predicted octanol–water partition coefficient (Wildman–Crippen LogP) is -2.29. The van der Waals surface area contributed by atoms with Gasteiger partial charge in [-0.15, -0.1) is 0 Å². The van der Waals surface area contributed by atoms with Crippen LogP contribution < -0.4 is 0 Å². The van der Waals surface area contributed by atoms with Crippen LogP contribution in [0.4, 0.5) is 0 Å². The van der Waals surface area contributed by atoms with E-state index in [1.54, 1.807) is 0 Å². The minimum absolute atomic E-state index is 0.596. The molecule has 38 valence electrons. The normalized spacial score (nSPS) is 21.0. The third kappa shape index (κ3) is 4.26. The molecule has 2 atom stereocenters. The van der Waals surface area contributed by atoms with Gasteiger partial charge >= 0.3 is 66.2 Å². The van der Waals surface area contributed by atoms with E-state index in [0.717, 1.165) is 31.7 Å². The van der Waals surface area contributed by atoms with Crippen molar-refractivity contribution in [1.82, 2.24) is 0 Å². The summed E-state index contributed by atoms with van der Waals surface area (Å²) in [5, 5.41) is 0. The van der Waals surface area contributed by atoms with Crippen LogP contribution in [0, 0.1) is 0 Å². The quantitative estimate of drug-likeness (QED) is 0.375. The molecule has 6 heteroatoms. The molecule has 0 bridgehead atoms. The second-order valence-corrected chi connectivity index (χ2v) is 58.4. The van der Waals surface area contributed by atoms with Gasteiger partial charge in [0.05, 0.1) is 0 Å². The van der Waals surface area contributed by atoms with Crippen LogP contribution in [0.1, 0.15) is 0 Å². The second-order valence-electron chi connectivity index (χ2n) is 1.36. The molecule has 0 aromatic heterocycles. The van der Waals surface area contributed by atoms with Gasteiger partial charge in [0.15, 0.2) is 0 Å². The standard InChI is InChI=1S/Cl2Ge2H8Si2/c1-5(3)6(2)4/h5-6H,3-4H3. The molecule has 0 aromatic rings. The molecule has 2 unspecified atom stereocenters. The molecular weight excluding hydrogens is 272 g/mol. The summed E-state index contributed by atoms with van der Waals surface area (Å²) in [4.78, 5) is 0. The van der Waals surface area contributed by atoms with Gasteiger partial charge in [-0.05, 0) is 0 Å². The summed E-state index contributed by atoms with van der Waals surface area (Å²) < 4.78 is 0. The van der Waals surface area contributed by atoms with Crippen molar-refractivity contribution in [2.45, 2.75) is 0 Å². The summed E-state index contributed by atoms with van der Waals surface area (Å²) >= 11 is 13.5. The molecule has 0 rings (SSSR count). The van der Waals surface area contributed by atoms with Gasteiger partial charge in [-0.1, -0.05) is 0 Å². The van der Waals surface area contributed by atoms with Gasteiger partial charge in [0.25, 0.3) is 0 Å². The Kier molecular flexibility index (Phi) is 5.44. The van der Waals surface area contributed by atoms with Gasteiger partial charge in [0.1, 0.15) is 0 Å². The maximum absolute atomic E-state index is 5.81. The Morgan fingerprint density at radius 1 is 1.00 bits per heavy atom. The topological polar surface area (TPSA) is 0 Å². The third-order valence-corrected chi connectivity index (χ3v) is 120. The number of halogens is 2. The first kappa shape index (κ1) is 8.10. The molecule has 0 nitrogen and oxygen atoms in total. The van der Waals surface area contributed by atoms with Gasteiger partial charge in [0.2, 0.25) is 0 Å². The van der Waals surface area contributed by atoms with Crippen LogP contribution in [0.3, 0.4) is 0 Å². The molecule has 6 heavy (non-hydrogen) atoms. The fourth-order valence-corrected chi connectivity index (χ4v) is 0. The zero-order valence-corrected chi connectivity index (χ0v) is 16.1. The van der Waals surface area contributed by atoms with Crippen molar-refractivity contribution in [2.24, 2.45) is 0 Å². The summed E-state index contributed by atoms with van der Waals surface area (Å²) in [6, 6.07) is 0. The molecule has 0 spiro atoms. The Balaban J connectivity index is 2.99. The van der Waals surface area contributed by atoms with Crippen LogP contribution in [-0.4, -0.2) is 44.0 Å². The average Bonchev–Trinajstić information content (AvgIpc) is 1.36. The Bertz CT molecular complexity index is 30.5. The molecule has 0 aromatic carbocycles. The Hall–Kier alpha value is 2.10. The van der Waals surface area contributed by atoms with Crippen molar-refractivity contribution in [1.29, 1.82) is 0 Å². The van der Waals surface area contributed by atoms with E-state index in [4.69, 9.17) is 22.2 Å². The van der Waals surface area contributed by atoms with Crippen molar-refractivity contribution >= 4 is 66.2 Å². The fraction of sp³-hybridized carbons (Fsp3) is 0. The summed E-state index contributed by atoms with van der Waals surface area (Å²) in [6.07, 6.45) is -1.19. The molecule has 0 saturated heterocycles. The Labute approximate surface area is 65.7 Å². The number of hydrogen-bond donors (Lipinski definition) is 0. The monoisotopic (exact) mass is 282 g/mol. The third-order valence-electron chi connectivity index (χ3n) is 0.633. The fourth-order valence-electron chi connectivity index (χ4n) is 0. The molecule has 0 radical (unpaired) electrons. The molecule has 0 aliphatic carbocycles. The summed E-state index contributed by atoms with van der Waals surface area (Å²) in [7, 11) is 0. The van der Waals surface area contributed by atoms with Crippen LogP contribution in [0.5, 0.6) is 0 Å². The summed E-state index contributed by atoms with van der Waals surface area (Å²) in [5.74, 6) is 0. The Morgan fingerprint density at radius 3 is 1.17 bits per heavy atom. The van der Waals surface area contributed by atoms with Gasteiger partial charge in [-0.3, -0.25) is 0 Å². The SMILES string of the molecule is Cl[SiH]([GeH3])[SiH](Cl)[GeH3]. The van der Waals surface area contributed by atoms with Gasteiger partial charge < -0.3 is 0 Å².